The first-order chi connectivity index (χ1) is 17.9. The Labute approximate surface area is 224 Å². The molecule has 3 saturated carbocycles. The van der Waals surface area contributed by atoms with Crippen LogP contribution in [0.2, 0.25) is 0 Å². The Hall–Kier alpha value is -2.38. The Kier molecular flexibility index (Phi) is 6.56. The van der Waals surface area contributed by atoms with Gasteiger partial charge in [0.05, 0.1) is 6.10 Å². The quantitative estimate of drug-likeness (QED) is 0.333. The third kappa shape index (κ3) is 4.28. The van der Waals surface area contributed by atoms with E-state index in [1.807, 2.05) is 0 Å². The van der Waals surface area contributed by atoms with E-state index < -0.39 is 0 Å². The van der Waals surface area contributed by atoms with Crippen LogP contribution in [0, 0.1) is 34.5 Å². The smallest absolute Gasteiger partial charge is 0.0577 e. The highest BCUT2D eigenvalue weighted by atomic mass is 16.3. The van der Waals surface area contributed by atoms with Gasteiger partial charge in [-0.05, 0) is 109 Å². The summed E-state index contributed by atoms with van der Waals surface area (Å²) in [4.78, 5) is 0. The summed E-state index contributed by atoms with van der Waals surface area (Å²) in [7, 11) is 0. The number of allylic oxidation sites excluding steroid dienone is 4. The molecule has 1 N–H and O–H groups in total. The fourth-order valence-electron chi connectivity index (χ4n) is 9.32. The third-order valence-corrected chi connectivity index (χ3v) is 11.3. The predicted octanol–water partition coefficient (Wildman–Crippen LogP) is 9.00. The van der Waals surface area contributed by atoms with Gasteiger partial charge in [0.15, 0.2) is 0 Å². The Morgan fingerprint density at radius 2 is 1.49 bits per heavy atom. The lowest BCUT2D eigenvalue weighted by molar-refractivity contribution is -0.0454. The Balaban J connectivity index is 1.28. The summed E-state index contributed by atoms with van der Waals surface area (Å²) in [5.41, 5.74) is 7.75. The van der Waals surface area contributed by atoms with E-state index in [0.29, 0.717) is 16.7 Å². The summed E-state index contributed by atoms with van der Waals surface area (Å²) in [5.74, 6) is 3.13. The predicted molar refractivity (Wildman–Crippen MR) is 155 cm³/mol. The van der Waals surface area contributed by atoms with E-state index in [1.54, 1.807) is 11.1 Å². The largest absolute Gasteiger partial charge is 0.393 e. The van der Waals surface area contributed by atoms with Crippen LogP contribution >= 0.6 is 0 Å². The number of aliphatic hydroxyl groups is 1. The standard InChI is InChI=1S/C36H44O/c1-25(14-16-30(26-10-6-4-7-11-26)27-12-8-5-9-13-27)32-18-19-33-31-17-15-28-24-29(37)20-22-35(28,2)34(31)21-23-36(32,33)3/h4-16,29,31-34,37H,17-24H2,1-3H3/b25-14-/t29-,31-,32+,33-,34-,35-,36+/m0/s1. The fourth-order valence-corrected chi connectivity index (χ4v) is 9.32. The first-order valence-electron chi connectivity index (χ1n) is 14.8. The summed E-state index contributed by atoms with van der Waals surface area (Å²) < 4.78 is 0. The zero-order valence-electron chi connectivity index (χ0n) is 23.0. The number of hydrogen-bond acceptors (Lipinski definition) is 1. The summed E-state index contributed by atoms with van der Waals surface area (Å²) in [6.07, 6.45) is 17.0. The maximum atomic E-state index is 10.3. The highest BCUT2D eigenvalue weighted by molar-refractivity contribution is 5.80. The lowest BCUT2D eigenvalue weighted by Gasteiger charge is -2.58. The molecule has 2 aromatic rings. The molecule has 0 heterocycles. The van der Waals surface area contributed by atoms with Gasteiger partial charge in [-0.15, -0.1) is 0 Å². The van der Waals surface area contributed by atoms with E-state index in [9.17, 15) is 5.11 Å². The van der Waals surface area contributed by atoms with Gasteiger partial charge in [-0.1, -0.05) is 104 Å². The Bertz CT molecular complexity index is 1160. The maximum Gasteiger partial charge on any atom is 0.0577 e. The SMILES string of the molecule is C/C(=C/C=C(c1ccccc1)c1ccccc1)[C@H]1CC[C@H]2[C@@H]3CC=C4C[C@@H](O)CC[C@]4(C)[C@H]3CC[C@]12C. The lowest BCUT2D eigenvalue weighted by Crippen LogP contribution is -2.50. The van der Waals surface area contributed by atoms with E-state index in [-0.39, 0.29) is 6.10 Å². The number of aliphatic hydroxyl groups excluding tert-OH is 1. The molecule has 0 aliphatic heterocycles. The van der Waals surface area contributed by atoms with Crippen LogP contribution in [-0.2, 0) is 0 Å². The molecule has 2 aromatic carbocycles. The van der Waals surface area contributed by atoms with Crippen LogP contribution in [0.1, 0.15) is 83.3 Å². The summed E-state index contributed by atoms with van der Waals surface area (Å²) in [5, 5.41) is 10.3. The molecule has 0 bridgehead atoms. The summed E-state index contributed by atoms with van der Waals surface area (Å²) >= 11 is 0. The van der Waals surface area contributed by atoms with Crippen LogP contribution in [0.5, 0.6) is 0 Å². The van der Waals surface area contributed by atoms with Crippen molar-refractivity contribution in [3.63, 3.8) is 0 Å². The second-order valence-corrected chi connectivity index (χ2v) is 13.1. The molecule has 3 fully saturated rings. The van der Waals surface area contributed by atoms with Crippen LogP contribution in [0.4, 0.5) is 0 Å². The number of rotatable bonds is 4. The molecular weight excluding hydrogens is 448 g/mol. The average molecular weight is 493 g/mol. The lowest BCUT2D eigenvalue weighted by atomic mass is 9.47. The summed E-state index contributed by atoms with van der Waals surface area (Å²) in [6.45, 7) is 7.58. The molecule has 0 saturated heterocycles. The minimum atomic E-state index is -0.113. The van der Waals surface area contributed by atoms with Gasteiger partial charge in [0.25, 0.3) is 0 Å². The number of fused-ring (bicyclic) bond motifs is 5. The molecule has 0 aromatic heterocycles. The molecule has 1 nitrogen and oxygen atoms in total. The van der Waals surface area contributed by atoms with Crippen LogP contribution in [0.25, 0.3) is 5.57 Å². The van der Waals surface area contributed by atoms with Gasteiger partial charge in [0.2, 0.25) is 0 Å². The molecule has 4 aliphatic rings. The second-order valence-electron chi connectivity index (χ2n) is 13.1. The van der Waals surface area contributed by atoms with Crippen LogP contribution in [-0.4, -0.2) is 11.2 Å². The highest BCUT2D eigenvalue weighted by Crippen LogP contribution is 2.67. The molecule has 0 radical (unpaired) electrons. The third-order valence-electron chi connectivity index (χ3n) is 11.3. The van der Waals surface area contributed by atoms with Gasteiger partial charge in [0.1, 0.15) is 0 Å². The summed E-state index contributed by atoms with van der Waals surface area (Å²) in [6, 6.07) is 21.7. The Morgan fingerprint density at radius 3 is 2.16 bits per heavy atom. The van der Waals surface area contributed by atoms with Gasteiger partial charge < -0.3 is 5.11 Å². The minimum Gasteiger partial charge on any atom is -0.393 e. The van der Waals surface area contributed by atoms with Crippen molar-refractivity contribution in [3.8, 4) is 0 Å². The van der Waals surface area contributed by atoms with Crippen LogP contribution < -0.4 is 0 Å². The van der Waals surface area contributed by atoms with E-state index in [2.05, 4.69) is 99.7 Å². The second kappa shape index (κ2) is 9.73. The van der Waals surface area contributed by atoms with Crippen LogP contribution in [0.3, 0.4) is 0 Å². The van der Waals surface area contributed by atoms with E-state index in [1.165, 1.54) is 55.2 Å². The van der Waals surface area contributed by atoms with Crippen molar-refractivity contribution in [1.29, 1.82) is 0 Å². The van der Waals surface area contributed by atoms with Gasteiger partial charge in [-0.3, -0.25) is 0 Å². The number of hydrogen-bond donors (Lipinski definition) is 1. The van der Waals surface area contributed by atoms with E-state index in [4.69, 9.17) is 0 Å². The molecule has 7 atom stereocenters. The minimum absolute atomic E-state index is 0.113. The molecule has 1 heteroatoms. The van der Waals surface area contributed by atoms with Crippen molar-refractivity contribution in [2.45, 2.75) is 78.2 Å². The average Bonchev–Trinajstić information content (AvgIpc) is 3.28. The molecule has 0 unspecified atom stereocenters. The van der Waals surface area contributed by atoms with Crippen LogP contribution in [0.15, 0.2) is 90.0 Å². The molecule has 0 spiro atoms. The fraction of sp³-hybridized carbons (Fsp3) is 0.500. The van der Waals surface area contributed by atoms with Crippen molar-refractivity contribution in [1.82, 2.24) is 0 Å². The molecule has 6 rings (SSSR count). The van der Waals surface area contributed by atoms with E-state index >= 15 is 0 Å². The molecule has 4 aliphatic carbocycles. The molecule has 0 amide bonds. The van der Waals surface area contributed by atoms with Crippen molar-refractivity contribution in [3.05, 3.63) is 101 Å². The topological polar surface area (TPSA) is 20.2 Å². The zero-order valence-corrected chi connectivity index (χ0v) is 23.0. The van der Waals surface area contributed by atoms with Gasteiger partial charge in [0, 0.05) is 0 Å². The molecule has 37 heavy (non-hydrogen) atoms. The van der Waals surface area contributed by atoms with Crippen molar-refractivity contribution >= 4 is 5.57 Å². The maximum absolute atomic E-state index is 10.3. The first kappa shape index (κ1) is 24.9. The van der Waals surface area contributed by atoms with Crippen molar-refractivity contribution in [2.75, 3.05) is 0 Å². The first-order valence-corrected chi connectivity index (χ1v) is 14.8. The van der Waals surface area contributed by atoms with E-state index in [0.717, 1.165) is 30.6 Å². The zero-order chi connectivity index (χ0) is 25.6. The molecule has 194 valence electrons. The Morgan fingerprint density at radius 1 is 0.811 bits per heavy atom. The van der Waals surface area contributed by atoms with Gasteiger partial charge in [-0.2, -0.15) is 0 Å². The normalized spacial score (nSPS) is 37.1. The van der Waals surface area contributed by atoms with Gasteiger partial charge >= 0.3 is 0 Å². The van der Waals surface area contributed by atoms with Gasteiger partial charge in [-0.25, -0.2) is 0 Å². The van der Waals surface area contributed by atoms with Crippen molar-refractivity contribution < 1.29 is 5.11 Å². The number of benzene rings is 2. The highest BCUT2D eigenvalue weighted by Gasteiger charge is 2.58. The molecular formula is C36H44O. The monoisotopic (exact) mass is 492 g/mol. The van der Waals surface area contributed by atoms with Crippen molar-refractivity contribution in [2.24, 2.45) is 34.5 Å².